The zero-order valence-electron chi connectivity index (χ0n) is 30.8. The molecule has 11 rings (SSSR count). The fraction of sp³-hybridized carbons (Fsp3) is 0. The summed E-state index contributed by atoms with van der Waals surface area (Å²) in [6.45, 7) is 0. The second kappa shape index (κ2) is 13.6. The highest BCUT2D eigenvalue weighted by molar-refractivity contribution is 6.20. The zero-order valence-corrected chi connectivity index (χ0v) is 30.8. The molecule has 4 heteroatoms. The number of nitrogens with zero attached hydrogens (tertiary/aromatic N) is 2. The van der Waals surface area contributed by atoms with Gasteiger partial charge in [0.05, 0.1) is 5.39 Å². The van der Waals surface area contributed by atoms with Gasteiger partial charge in [0.15, 0.2) is 5.58 Å². The standard InChI is InChI=1S/C53H34N2O2/c1-4-14-35(15-5-1)37-26-28-42(29-27-37)55(43-30-31-44(46(33-43)38-17-6-2-7-18-38)41-25-24-36-16-10-11-21-40(36)32-41)51-50-45-22-12-13-23-48(45)56-49(50)34-47-52(51)57-53(54-47)39-19-8-3-9-20-39/h1-34H. The quantitative estimate of drug-likeness (QED) is 0.164. The van der Waals surface area contributed by atoms with Crippen molar-refractivity contribution in [3.05, 3.63) is 206 Å². The molecule has 0 aliphatic heterocycles. The Morgan fingerprint density at radius 1 is 0.386 bits per heavy atom. The van der Waals surface area contributed by atoms with E-state index in [1.165, 1.54) is 10.8 Å². The van der Waals surface area contributed by atoms with E-state index in [9.17, 15) is 0 Å². The van der Waals surface area contributed by atoms with E-state index >= 15 is 0 Å². The van der Waals surface area contributed by atoms with Crippen LogP contribution in [-0.4, -0.2) is 4.98 Å². The Morgan fingerprint density at radius 2 is 1.00 bits per heavy atom. The Morgan fingerprint density at radius 3 is 1.77 bits per heavy atom. The molecule has 0 bridgehead atoms. The maximum absolute atomic E-state index is 6.88. The number of hydrogen-bond acceptors (Lipinski definition) is 4. The van der Waals surface area contributed by atoms with Gasteiger partial charge in [0, 0.05) is 28.4 Å². The molecule has 0 aliphatic carbocycles. The van der Waals surface area contributed by atoms with Gasteiger partial charge >= 0.3 is 0 Å². The molecule has 0 saturated carbocycles. The molecule has 0 aliphatic rings. The molecular weight excluding hydrogens is 697 g/mol. The SMILES string of the molecule is c1ccc(-c2ccc(N(c3ccc(-c4ccc5ccccc5c4)c(-c4ccccc4)c3)c3c4oc(-c5ccccc5)nc4cc4oc5ccccc5c34)cc2)cc1. The Labute approximate surface area is 329 Å². The van der Waals surface area contributed by atoms with E-state index in [0.29, 0.717) is 11.5 Å². The third-order valence-corrected chi connectivity index (χ3v) is 10.9. The average molecular weight is 731 g/mol. The summed E-state index contributed by atoms with van der Waals surface area (Å²) >= 11 is 0. The van der Waals surface area contributed by atoms with Crippen LogP contribution in [-0.2, 0) is 0 Å². The highest BCUT2D eigenvalue weighted by Gasteiger charge is 2.27. The molecule has 0 atom stereocenters. The highest BCUT2D eigenvalue weighted by atomic mass is 16.4. The lowest BCUT2D eigenvalue weighted by atomic mass is 9.92. The molecule has 4 nitrogen and oxygen atoms in total. The number of aromatic nitrogens is 1. The summed E-state index contributed by atoms with van der Waals surface area (Å²) < 4.78 is 13.5. The molecule has 9 aromatic carbocycles. The van der Waals surface area contributed by atoms with Crippen molar-refractivity contribution in [3.8, 4) is 44.8 Å². The smallest absolute Gasteiger partial charge is 0.227 e. The van der Waals surface area contributed by atoms with Crippen molar-refractivity contribution in [3.63, 3.8) is 0 Å². The molecule has 57 heavy (non-hydrogen) atoms. The van der Waals surface area contributed by atoms with Crippen molar-refractivity contribution in [2.45, 2.75) is 0 Å². The Balaban J connectivity index is 1.21. The lowest BCUT2D eigenvalue weighted by molar-refractivity contribution is 0.620. The minimum atomic E-state index is 0.555. The van der Waals surface area contributed by atoms with Crippen molar-refractivity contribution < 1.29 is 8.83 Å². The molecule has 0 N–H and O–H groups in total. The van der Waals surface area contributed by atoms with Crippen LogP contribution in [0.1, 0.15) is 0 Å². The third kappa shape index (κ3) is 5.74. The summed E-state index contributed by atoms with van der Waals surface area (Å²) in [5.74, 6) is 0.555. The number of oxazole rings is 1. The van der Waals surface area contributed by atoms with Gasteiger partial charge in [-0.1, -0.05) is 152 Å². The molecule has 2 aromatic heterocycles. The molecule has 11 aromatic rings. The van der Waals surface area contributed by atoms with Gasteiger partial charge in [-0.25, -0.2) is 4.98 Å². The fourth-order valence-corrected chi connectivity index (χ4v) is 8.14. The van der Waals surface area contributed by atoms with Gasteiger partial charge in [0.25, 0.3) is 0 Å². The molecule has 0 radical (unpaired) electrons. The number of para-hydroxylation sites is 1. The molecule has 2 heterocycles. The minimum Gasteiger partial charge on any atom is -0.456 e. The first kappa shape index (κ1) is 32.7. The van der Waals surface area contributed by atoms with Gasteiger partial charge in [0.1, 0.15) is 22.4 Å². The van der Waals surface area contributed by atoms with Crippen LogP contribution in [0.15, 0.2) is 215 Å². The largest absolute Gasteiger partial charge is 0.456 e. The van der Waals surface area contributed by atoms with E-state index in [1.807, 2.05) is 54.6 Å². The summed E-state index contributed by atoms with van der Waals surface area (Å²) in [7, 11) is 0. The van der Waals surface area contributed by atoms with Gasteiger partial charge < -0.3 is 13.7 Å². The molecule has 0 fully saturated rings. The van der Waals surface area contributed by atoms with E-state index in [4.69, 9.17) is 13.8 Å². The lowest BCUT2D eigenvalue weighted by Crippen LogP contribution is -2.11. The fourth-order valence-electron chi connectivity index (χ4n) is 8.14. The zero-order chi connectivity index (χ0) is 37.7. The van der Waals surface area contributed by atoms with E-state index in [2.05, 4.69) is 157 Å². The normalized spacial score (nSPS) is 11.5. The van der Waals surface area contributed by atoms with Crippen LogP contribution in [0.2, 0.25) is 0 Å². The monoisotopic (exact) mass is 730 g/mol. The van der Waals surface area contributed by atoms with Crippen LogP contribution < -0.4 is 4.90 Å². The number of benzene rings is 9. The van der Waals surface area contributed by atoms with E-state index in [-0.39, 0.29) is 0 Å². The van der Waals surface area contributed by atoms with Crippen molar-refractivity contribution >= 4 is 60.9 Å². The van der Waals surface area contributed by atoms with E-state index < -0.39 is 0 Å². The maximum Gasteiger partial charge on any atom is 0.227 e. The summed E-state index contributed by atoms with van der Waals surface area (Å²) in [4.78, 5) is 7.40. The number of rotatable bonds is 7. The summed E-state index contributed by atoms with van der Waals surface area (Å²) in [6, 6.07) is 72.3. The number of furan rings is 1. The first-order chi connectivity index (χ1) is 28.2. The van der Waals surface area contributed by atoms with Gasteiger partial charge in [-0.3, -0.25) is 0 Å². The second-order valence-corrected chi connectivity index (χ2v) is 14.3. The van der Waals surface area contributed by atoms with Crippen LogP contribution in [0, 0.1) is 0 Å². The van der Waals surface area contributed by atoms with Crippen molar-refractivity contribution in [1.82, 2.24) is 4.98 Å². The first-order valence-electron chi connectivity index (χ1n) is 19.2. The minimum absolute atomic E-state index is 0.555. The number of fused-ring (bicyclic) bond motifs is 5. The van der Waals surface area contributed by atoms with Crippen molar-refractivity contribution in [2.24, 2.45) is 0 Å². The molecule has 0 amide bonds. The van der Waals surface area contributed by atoms with Crippen molar-refractivity contribution in [1.29, 1.82) is 0 Å². The Kier molecular flexibility index (Phi) is 7.78. The first-order valence-corrected chi connectivity index (χ1v) is 19.2. The predicted octanol–water partition coefficient (Wildman–Crippen LogP) is 15.0. The summed E-state index contributed by atoms with van der Waals surface area (Å²) in [6.07, 6.45) is 0. The summed E-state index contributed by atoms with van der Waals surface area (Å²) in [5.41, 5.74) is 13.5. The topological polar surface area (TPSA) is 42.4 Å². The van der Waals surface area contributed by atoms with E-state index in [1.54, 1.807) is 0 Å². The molecule has 268 valence electrons. The summed E-state index contributed by atoms with van der Waals surface area (Å²) in [5, 5.41) is 4.39. The predicted molar refractivity (Wildman–Crippen MR) is 235 cm³/mol. The molecular formula is C53H34N2O2. The van der Waals surface area contributed by atoms with Crippen LogP contribution >= 0.6 is 0 Å². The Bertz CT molecular complexity index is 3220. The number of anilines is 3. The average Bonchev–Trinajstić information content (AvgIpc) is 3.89. The maximum atomic E-state index is 6.88. The highest BCUT2D eigenvalue weighted by Crippen LogP contribution is 2.49. The van der Waals surface area contributed by atoms with Crippen LogP contribution in [0.5, 0.6) is 0 Å². The van der Waals surface area contributed by atoms with Gasteiger partial charge in [0.2, 0.25) is 5.89 Å². The molecule has 0 spiro atoms. The second-order valence-electron chi connectivity index (χ2n) is 14.3. The van der Waals surface area contributed by atoms with Crippen LogP contribution in [0.25, 0.3) is 88.6 Å². The van der Waals surface area contributed by atoms with Gasteiger partial charge in [-0.2, -0.15) is 0 Å². The molecule has 0 unspecified atom stereocenters. The van der Waals surface area contributed by atoms with Gasteiger partial charge in [-0.15, -0.1) is 0 Å². The number of hydrogen-bond donors (Lipinski definition) is 0. The Hall–Kier alpha value is -7.69. The van der Waals surface area contributed by atoms with E-state index in [0.717, 1.165) is 83.5 Å². The third-order valence-electron chi connectivity index (χ3n) is 10.9. The van der Waals surface area contributed by atoms with Gasteiger partial charge in [-0.05, 0) is 92.7 Å². The lowest BCUT2D eigenvalue weighted by Gasteiger charge is -2.27. The van der Waals surface area contributed by atoms with Crippen LogP contribution in [0.4, 0.5) is 17.1 Å². The van der Waals surface area contributed by atoms with Crippen LogP contribution in [0.3, 0.4) is 0 Å². The molecule has 0 saturated heterocycles. The van der Waals surface area contributed by atoms with Crippen molar-refractivity contribution in [2.75, 3.05) is 4.90 Å².